The van der Waals surface area contributed by atoms with Crippen molar-refractivity contribution in [2.24, 2.45) is 0 Å². The van der Waals surface area contributed by atoms with Crippen LogP contribution in [0.15, 0.2) is 47.4 Å². The van der Waals surface area contributed by atoms with E-state index in [4.69, 9.17) is 14.2 Å². The number of nitrogens with one attached hydrogen (secondary N) is 2. The Morgan fingerprint density at radius 1 is 1.03 bits per heavy atom. The summed E-state index contributed by atoms with van der Waals surface area (Å²) in [5.41, 5.74) is 0.851. The van der Waals surface area contributed by atoms with Gasteiger partial charge in [-0.15, -0.1) is 0 Å². The van der Waals surface area contributed by atoms with Gasteiger partial charge in [-0.25, -0.2) is 13.1 Å². The highest BCUT2D eigenvalue weighted by molar-refractivity contribution is 7.89. The molecule has 0 heterocycles. The molecular weight excluding hydrogens is 408 g/mol. The maximum absolute atomic E-state index is 12.3. The lowest BCUT2D eigenvalue weighted by atomic mass is 10.2. The molecule has 2 aromatic carbocycles. The van der Waals surface area contributed by atoms with Gasteiger partial charge in [-0.3, -0.25) is 4.79 Å². The van der Waals surface area contributed by atoms with Crippen LogP contribution in [0.4, 0.5) is 0 Å². The van der Waals surface area contributed by atoms with E-state index in [2.05, 4.69) is 10.0 Å². The zero-order valence-corrected chi connectivity index (χ0v) is 18.4. The van der Waals surface area contributed by atoms with Crippen LogP contribution >= 0.6 is 0 Å². The zero-order chi connectivity index (χ0) is 22.1. The maximum atomic E-state index is 12.3. The molecule has 0 fully saturated rings. The summed E-state index contributed by atoms with van der Waals surface area (Å²) in [7, 11) is -0.471. The van der Waals surface area contributed by atoms with Crippen molar-refractivity contribution in [1.29, 1.82) is 0 Å². The number of rotatable bonds is 11. The molecule has 1 amide bonds. The van der Waals surface area contributed by atoms with Crippen LogP contribution in [0.1, 0.15) is 25.8 Å². The van der Waals surface area contributed by atoms with Gasteiger partial charge in [0.05, 0.1) is 19.1 Å². The van der Waals surface area contributed by atoms with Gasteiger partial charge in [0.2, 0.25) is 10.0 Å². The second kappa shape index (κ2) is 10.8. The monoisotopic (exact) mass is 436 g/mol. The van der Waals surface area contributed by atoms with E-state index in [1.165, 1.54) is 24.3 Å². The molecule has 0 aliphatic heterocycles. The fraction of sp³-hybridized carbons (Fsp3) is 0.381. The number of sulfonamides is 1. The number of amides is 1. The predicted octanol–water partition coefficient (Wildman–Crippen LogP) is 2.48. The van der Waals surface area contributed by atoms with Gasteiger partial charge in [-0.2, -0.15) is 0 Å². The molecule has 8 nitrogen and oxygen atoms in total. The molecule has 1 atom stereocenters. The molecule has 0 bridgehead atoms. The Kier molecular flexibility index (Phi) is 8.49. The lowest BCUT2D eigenvalue weighted by Crippen LogP contribution is -2.32. The van der Waals surface area contributed by atoms with E-state index < -0.39 is 10.0 Å². The van der Waals surface area contributed by atoms with E-state index in [-0.39, 0.29) is 23.5 Å². The van der Waals surface area contributed by atoms with Crippen molar-refractivity contribution in [2.75, 3.05) is 20.8 Å². The third kappa shape index (κ3) is 6.64. The van der Waals surface area contributed by atoms with Crippen LogP contribution in [0.2, 0.25) is 0 Å². The van der Waals surface area contributed by atoms with Crippen LogP contribution < -0.4 is 24.2 Å². The summed E-state index contributed by atoms with van der Waals surface area (Å²) in [5.74, 6) is 1.29. The topological polar surface area (TPSA) is 103 Å². The lowest BCUT2D eigenvalue weighted by Gasteiger charge is -2.13. The molecule has 0 unspecified atom stereocenters. The van der Waals surface area contributed by atoms with Crippen LogP contribution in [0.25, 0.3) is 0 Å². The number of hydrogen-bond acceptors (Lipinski definition) is 6. The molecule has 0 aliphatic carbocycles. The summed E-state index contributed by atoms with van der Waals surface area (Å²) < 4.78 is 43.0. The van der Waals surface area contributed by atoms with Crippen molar-refractivity contribution in [2.45, 2.75) is 37.8 Å². The molecule has 2 rings (SSSR count). The minimum Gasteiger partial charge on any atom is -0.493 e. The third-order valence-electron chi connectivity index (χ3n) is 4.41. The molecule has 2 aromatic rings. The largest absolute Gasteiger partial charge is 0.493 e. The molecule has 0 spiro atoms. The molecule has 0 saturated heterocycles. The SMILES string of the molecule is CC[C@H](C)NS(=O)(=O)c1ccc(OCC(=O)NCc2ccc(OC)c(OC)c2)cc1. The Morgan fingerprint density at radius 3 is 2.30 bits per heavy atom. The minimum absolute atomic E-state index is 0.146. The Bertz CT molecular complexity index is 944. The first-order valence-corrected chi connectivity index (χ1v) is 11.0. The van der Waals surface area contributed by atoms with E-state index in [0.717, 1.165) is 5.56 Å². The molecule has 0 saturated carbocycles. The fourth-order valence-electron chi connectivity index (χ4n) is 2.52. The second-order valence-corrected chi connectivity index (χ2v) is 8.37. The van der Waals surface area contributed by atoms with Crippen molar-refractivity contribution in [3.63, 3.8) is 0 Å². The van der Waals surface area contributed by atoms with Crippen LogP contribution in [-0.4, -0.2) is 41.2 Å². The van der Waals surface area contributed by atoms with Gasteiger partial charge < -0.3 is 19.5 Å². The van der Waals surface area contributed by atoms with Crippen LogP contribution in [0, 0.1) is 0 Å². The average Bonchev–Trinajstić information content (AvgIpc) is 2.75. The summed E-state index contributed by atoms with van der Waals surface area (Å²) in [6.45, 7) is 3.82. The Morgan fingerprint density at radius 2 is 1.70 bits per heavy atom. The van der Waals surface area contributed by atoms with E-state index in [0.29, 0.717) is 30.2 Å². The first-order chi connectivity index (χ1) is 14.3. The maximum Gasteiger partial charge on any atom is 0.258 e. The molecule has 9 heteroatoms. The molecule has 0 aliphatic rings. The van der Waals surface area contributed by atoms with E-state index >= 15 is 0 Å². The quantitative estimate of drug-likeness (QED) is 0.561. The summed E-state index contributed by atoms with van der Waals surface area (Å²) >= 11 is 0. The van der Waals surface area contributed by atoms with Gasteiger partial charge in [-0.05, 0) is 55.3 Å². The summed E-state index contributed by atoms with van der Waals surface area (Å²) in [6, 6.07) is 11.2. The summed E-state index contributed by atoms with van der Waals surface area (Å²) in [4.78, 5) is 12.2. The molecule has 164 valence electrons. The van der Waals surface area contributed by atoms with Gasteiger partial charge >= 0.3 is 0 Å². The van der Waals surface area contributed by atoms with Crippen LogP contribution in [0.3, 0.4) is 0 Å². The van der Waals surface area contributed by atoms with E-state index in [9.17, 15) is 13.2 Å². The van der Waals surface area contributed by atoms with Crippen molar-refractivity contribution in [1.82, 2.24) is 10.0 Å². The van der Waals surface area contributed by atoms with Gasteiger partial charge in [0.25, 0.3) is 5.91 Å². The molecule has 2 N–H and O–H groups in total. The van der Waals surface area contributed by atoms with E-state index in [1.54, 1.807) is 33.3 Å². The summed E-state index contributed by atoms with van der Waals surface area (Å²) in [6.07, 6.45) is 0.693. The Balaban J connectivity index is 1.86. The number of benzene rings is 2. The van der Waals surface area contributed by atoms with Gasteiger partial charge in [0.1, 0.15) is 5.75 Å². The average molecular weight is 437 g/mol. The molecule has 30 heavy (non-hydrogen) atoms. The van der Waals surface area contributed by atoms with Gasteiger partial charge in [0.15, 0.2) is 18.1 Å². The number of ether oxygens (including phenoxy) is 3. The van der Waals surface area contributed by atoms with E-state index in [1.807, 2.05) is 13.0 Å². The molecular formula is C21H28N2O6S. The number of methoxy groups -OCH3 is 2. The van der Waals surface area contributed by atoms with Gasteiger partial charge in [0, 0.05) is 12.6 Å². The van der Waals surface area contributed by atoms with Crippen molar-refractivity contribution in [3.8, 4) is 17.2 Å². The first kappa shape index (κ1) is 23.5. The predicted molar refractivity (Wildman–Crippen MR) is 113 cm³/mol. The number of carbonyl (C=O) groups excluding carboxylic acids is 1. The fourth-order valence-corrected chi connectivity index (χ4v) is 3.85. The number of carbonyl (C=O) groups is 1. The van der Waals surface area contributed by atoms with Gasteiger partial charge in [-0.1, -0.05) is 13.0 Å². The first-order valence-electron chi connectivity index (χ1n) is 9.51. The van der Waals surface area contributed by atoms with Crippen molar-refractivity contribution < 1.29 is 27.4 Å². The second-order valence-electron chi connectivity index (χ2n) is 6.66. The Hall–Kier alpha value is -2.78. The smallest absolute Gasteiger partial charge is 0.258 e. The highest BCUT2D eigenvalue weighted by atomic mass is 32.2. The highest BCUT2D eigenvalue weighted by Crippen LogP contribution is 2.27. The normalized spacial score (nSPS) is 12.1. The molecule has 0 radical (unpaired) electrons. The highest BCUT2D eigenvalue weighted by Gasteiger charge is 2.16. The summed E-state index contributed by atoms with van der Waals surface area (Å²) in [5, 5.41) is 2.76. The standard InChI is InChI=1S/C21H28N2O6S/c1-5-15(2)23-30(25,26)18-9-7-17(8-10-18)29-14-21(24)22-13-16-6-11-19(27-3)20(12-16)28-4/h6-12,15,23H,5,13-14H2,1-4H3,(H,22,24)/t15-/m0/s1. The minimum atomic E-state index is -3.57. The third-order valence-corrected chi connectivity index (χ3v) is 6.02. The van der Waals surface area contributed by atoms with Crippen molar-refractivity contribution in [3.05, 3.63) is 48.0 Å². The van der Waals surface area contributed by atoms with Crippen LogP contribution in [-0.2, 0) is 21.4 Å². The lowest BCUT2D eigenvalue weighted by molar-refractivity contribution is -0.123. The van der Waals surface area contributed by atoms with Crippen molar-refractivity contribution >= 4 is 15.9 Å². The van der Waals surface area contributed by atoms with Crippen LogP contribution in [0.5, 0.6) is 17.2 Å². The Labute approximate surface area is 177 Å². The zero-order valence-electron chi connectivity index (χ0n) is 17.6. The molecule has 0 aromatic heterocycles. The number of hydrogen-bond donors (Lipinski definition) is 2.